The number of rotatable bonds is 3. The number of nitrogens with zero attached hydrogens (tertiary/aromatic N) is 1. The van der Waals surface area contributed by atoms with Crippen LogP contribution >= 0.6 is 11.8 Å². The maximum absolute atomic E-state index is 13.0. The highest BCUT2D eigenvalue weighted by molar-refractivity contribution is 7.99. The standard InChI is InChI=1S/C16H14FNO.C7H14OS/c17-14-7-5-13(6-8-14)16-15-4-2-1-3-12(15)9-10-18(16)11-19;1-6-3-4-7(9-2)5-8-6/h1-8,11,16H,9-10H2;6-7H,3-5H2,1-2H3/t16-;6-,7+/m00/s1. The molecule has 1 amide bonds. The van der Waals surface area contributed by atoms with E-state index in [-0.39, 0.29) is 11.9 Å². The van der Waals surface area contributed by atoms with Gasteiger partial charge in [-0.15, -0.1) is 0 Å². The van der Waals surface area contributed by atoms with Crippen molar-refractivity contribution in [3.8, 4) is 0 Å². The molecule has 0 spiro atoms. The first-order chi connectivity index (χ1) is 13.6. The predicted molar refractivity (Wildman–Crippen MR) is 113 cm³/mol. The third kappa shape index (κ3) is 5.15. The van der Waals surface area contributed by atoms with E-state index in [4.69, 9.17) is 4.74 Å². The van der Waals surface area contributed by atoms with Crippen LogP contribution in [0.25, 0.3) is 0 Å². The fourth-order valence-corrected chi connectivity index (χ4v) is 4.35. The number of fused-ring (bicyclic) bond motifs is 1. The smallest absolute Gasteiger partial charge is 0.210 e. The van der Waals surface area contributed by atoms with Crippen molar-refractivity contribution in [3.05, 3.63) is 71.0 Å². The Morgan fingerprint density at radius 3 is 2.54 bits per heavy atom. The van der Waals surface area contributed by atoms with Crippen LogP contribution in [0.4, 0.5) is 4.39 Å². The fraction of sp³-hybridized carbons (Fsp3) is 0.435. The molecule has 2 aromatic carbocycles. The van der Waals surface area contributed by atoms with Gasteiger partial charge in [0.1, 0.15) is 5.82 Å². The van der Waals surface area contributed by atoms with Gasteiger partial charge in [-0.25, -0.2) is 4.39 Å². The average Bonchev–Trinajstić information content (AvgIpc) is 2.74. The van der Waals surface area contributed by atoms with Gasteiger partial charge in [0.25, 0.3) is 0 Å². The number of carbonyl (C=O) groups excluding carboxylic acids is 1. The van der Waals surface area contributed by atoms with Crippen molar-refractivity contribution in [1.29, 1.82) is 0 Å². The van der Waals surface area contributed by atoms with Crippen molar-refractivity contribution in [2.24, 2.45) is 0 Å². The summed E-state index contributed by atoms with van der Waals surface area (Å²) in [5.74, 6) is -0.259. The molecule has 3 atom stereocenters. The molecule has 0 radical (unpaired) electrons. The lowest BCUT2D eigenvalue weighted by Gasteiger charge is -2.35. The molecule has 0 N–H and O–H groups in total. The summed E-state index contributed by atoms with van der Waals surface area (Å²) in [7, 11) is 0. The molecular weight excluding hydrogens is 373 g/mol. The topological polar surface area (TPSA) is 29.5 Å². The second-order valence-corrected chi connectivity index (χ2v) is 8.46. The molecular formula is C23H28FNO2S. The van der Waals surface area contributed by atoms with Crippen LogP contribution < -0.4 is 0 Å². The van der Waals surface area contributed by atoms with Gasteiger partial charge in [0.2, 0.25) is 6.41 Å². The molecule has 4 rings (SSSR count). The van der Waals surface area contributed by atoms with Crippen LogP contribution in [0.1, 0.15) is 42.5 Å². The highest BCUT2D eigenvalue weighted by Gasteiger charge is 2.27. The number of hydrogen-bond donors (Lipinski definition) is 0. The first kappa shape index (κ1) is 20.9. The Kier molecular flexibility index (Phi) is 7.51. The van der Waals surface area contributed by atoms with E-state index < -0.39 is 0 Å². The van der Waals surface area contributed by atoms with Gasteiger partial charge in [0.05, 0.1) is 18.8 Å². The predicted octanol–water partition coefficient (Wildman–Crippen LogP) is 4.85. The van der Waals surface area contributed by atoms with Gasteiger partial charge in [-0.05, 0) is 61.3 Å². The van der Waals surface area contributed by atoms with Crippen LogP contribution in [0.3, 0.4) is 0 Å². The molecule has 2 aliphatic rings. The number of thioether (sulfide) groups is 1. The first-order valence-electron chi connectivity index (χ1n) is 9.81. The van der Waals surface area contributed by atoms with Gasteiger partial charge < -0.3 is 9.64 Å². The largest absolute Gasteiger partial charge is 0.377 e. The Bertz CT molecular complexity index is 759. The van der Waals surface area contributed by atoms with Crippen LogP contribution in [-0.4, -0.2) is 42.1 Å². The Hall–Kier alpha value is -1.85. The van der Waals surface area contributed by atoms with Crippen LogP contribution in [-0.2, 0) is 16.0 Å². The number of benzene rings is 2. The quantitative estimate of drug-likeness (QED) is 0.689. The van der Waals surface area contributed by atoms with Gasteiger partial charge in [-0.1, -0.05) is 36.4 Å². The highest BCUT2D eigenvalue weighted by atomic mass is 32.2. The Balaban J connectivity index is 0.000000211. The van der Waals surface area contributed by atoms with E-state index >= 15 is 0 Å². The lowest BCUT2D eigenvalue weighted by Crippen LogP contribution is -2.34. The maximum atomic E-state index is 13.0. The summed E-state index contributed by atoms with van der Waals surface area (Å²) in [4.78, 5) is 13.0. The van der Waals surface area contributed by atoms with Crippen LogP contribution in [0.15, 0.2) is 48.5 Å². The first-order valence-corrected chi connectivity index (χ1v) is 11.1. The van der Waals surface area contributed by atoms with Crippen molar-refractivity contribution in [2.45, 2.75) is 43.6 Å². The van der Waals surface area contributed by atoms with Gasteiger partial charge >= 0.3 is 0 Å². The van der Waals surface area contributed by atoms with Gasteiger partial charge in [-0.3, -0.25) is 4.79 Å². The van der Waals surface area contributed by atoms with E-state index in [1.807, 2.05) is 30.0 Å². The third-order valence-electron chi connectivity index (χ3n) is 5.44. The molecule has 1 fully saturated rings. The maximum Gasteiger partial charge on any atom is 0.210 e. The average molecular weight is 402 g/mol. The SMILES string of the molecule is CS[C@@H]1CC[C@H](C)OC1.O=CN1CCc2ccccc2[C@@H]1c1ccc(F)cc1. The molecule has 2 aromatic rings. The van der Waals surface area contributed by atoms with Crippen molar-refractivity contribution >= 4 is 18.2 Å². The monoisotopic (exact) mass is 401 g/mol. The summed E-state index contributed by atoms with van der Waals surface area (Å²) in [5.41, 5.74) is 3.34. The Morgan fingerprint density at radius 1 is 1.14 bits per heavy atom. The molecule has 1 saturated heterocycles. The molecule has 28 heavy (non-hydrogen) atoms. The molecule has 0 unspecified atom stereocenters. The van der Waals surface area contributed by atoms with E-state index in [1.54, 1.807) is 17.0 Å². The van der Waals surface area contributed by atoms with Gasteiger partial charge in [0, 0.05) is 11.8 Å². The molecule has 0 aromatic heterocycles. The van der Waals surface area contributed by atoms with Crippen molar-refractivity contribution in [1.82, 2.24) is 4.90 Å². The van der Waals surface area contributed by atoms with Crippen LogP contribution in [0.2, 0.25) is 0 Å². The van der Waals surface area contributed by atoms with E-state index in [2.05, 4.69) is 19.2 Å². The lowest BCUT2D eigenvalue weighted by atomic mass is 9.88. The van der Waals surface area contributed by atoms with Crippen LogP contribution in [0.5, 0.6) is 0 Å². The van der Waals surface area contributed by atoms with Gasteiger partial charge in [0.15, 0.2) is 0 Å². The molecule has 0 aliphatic carbocycles. The molecule has 0 saturated carbocycles. The van der Waals surface area contributed by atoms with E-state index in [0.29, 0.717) is 12.6 Å². The summed E-state index contributed by atoms with van der Waals surface area (Å²) in [5, 5.41) is 0.765. The Morgan fingerprint density at radius 2 is 1.89 bits per heavy atom. The zero-order chi connectivity index (χ0) is 19.9. The molecule has 3 nitrogen and oxygen atoms in total. The lowest BCUT2D eigenvalue weighted by molar-refractivity contribution is -0.119. The fourth-order valence-electron chi connectivity index (χ4n) is 3.76. The zero-order valence-electron chi connectivity index (χ0n) is 16.5. The second kappa shape index (κ2) is 10.1. The molecule has 2 heterocycles. The van der Waals surface area contributed by atoms with Crippen molar-refractivity contribution in [2.75, 3.05) is 19.4 Å². The number of halogens is 1. The summed E-state index contributed by atoms with van der Waals surface area (Å²) >= 11 is 1.92. The number of carbonyl (C=O) groups is 1. The molecule has 2 aliphatic heterocycles. The summed E-state index contributed by atoms with van der Waals surface area (Å²) in [6, 6.07) is 14.4. The number of hydrogen-bond acceptors (Lipinski definition) is 3. The summed E-state index contributed by atoms with van der Waals surface area (Å²) in [6.45, 7) is 3.81. The summed E-state index contributed by atoms with van der Waals surface area (Å²) in [6.07, 6.45) is 6.99. The minimum Gasteiger partial charge on any atom is -0.377 e. The van der Waals surface area contributed by atoms with E-state index in [1.165, 1.54) is 30.5 Å². The molecule has 0 bridgehead atoms. The zero-order valence-corrected chi connectivity index (χ0v) is 17.3. The van der Waals surface area contributed by atoms with E-state index in [0.717, 1.165) is 35.8 Å². The minimum atomic E-state index is -0.259. The third-order valence-corrected chi connectivity index (χ3v) is 6.48. The van der Waals surface area contributed by atoms with Gasteiger partial charge in [-0.2, -0.15) is 11.8 Å². The van der Waals surface area contributed by atoms with E-state index in [9.17, 15) is 9.18 Å². The highest BCUT2D eigenvalue weighted by Crippen LogP contribution is 2.34. The summed E-state index contributed by atoms with van der Waals surface area (Å²) < 4.78 is 18.5. The van der Waals surface area contributed by atoms with Crippen molar-refractivity contribution < 1.29 is 13.9 Å². The number of ether oxygens (including phenoxy) is 1. The Labute approximate surface area is 171 Å². The number of amides is 1. The second-order valence-electron chi connectivity index (χ2n) is 7.33. The van der Waals surface area contributed by atoms with Crippen LogP contribution in [0, 0.1) is 5.82 Å². The van der Waals surface area contributed by atoms with Crippen molar-refractivity contribution in [3.63, 3.8) is 0 Å². The molecule has 5 heteroatoms. The minimum absolute atomic E-state index is 0.108. The normalized spacial score (nSPS) is 24.0. The molecule has 150 valence electrons.